The zero-order valence-corrected chi connectivity index (χ0v) is 19.3. The highest BCUT2D eigenvalue weighted by atomic mass is 16.5. The highest BCUT2D eigenvalue weighted by Crippen LogP contribution is 2.30. The molecule has 2 aromatic carbocycles. The number of hydrogen-bond donors (Lipinski definition) is 1. The third-order valence-corrected chi connectivity index (χ3v) is 5.17. The number of nitrogens with zero attached hydrogens (tertiary/aromatic N) is 2. The van der Waals surface area contributed by atoms with Gasteiger partial charge in [0.15, 0.2) is 0 Å². The van der Waals surface area contributed by atoms with Crippen molar-refractivity contribution in [3.05, 3.63) is 78.1 Å². The molecule has 170 valence electrons. The van der Waals surface area contributed by atoms with Gasteiger partial charge in [0.05, 0.1) is 17.8 Å². The number of carbonyl (C=O) groups is 1. The third-order valence-electron chi connectivity index (χ3n) is 5.17. The molecule has 6 heteroatoms. The molecule has 4 rings (SSSR count). The van der Waals surface area contributed by atoms with E-state index in [4.69, 9.17) is 9.47 Å². The summed E-state index contributed by atoms with van der Waals surface area (Å²) in [4.78, 5) is 16.5. The van der Waals surface area contributed by atoms with Crippen LogP contribution in [0, 0.1) is 6.92 Å². The molecule has 2 aromatic heterocycles. The smallest absolute Gasteiger partial charge is 0.352 e. The van der Waals surface area contributed by atoms with E-state index in [-0.39, 0.29) is 11.3 Å². The average molecular weight is 445 g/mol. The van der Waals surface area contributed by atoms with Crippen LogP contribution in [0.4, 0.5) is 0 Å². The van der Waals surface area contributed by atoms with E-state index in [0.717, 1.165) is 33.5 Å². The highest BCUT2D eigenvalue weighted by molar-refractivity contribution is 6.00. The molecule has 0 atom stereocenters. The van der Waals surface area contributed by atoms with Crippen LogP contribution in [0.3, 0.4) is 0 Å². The number of rotatable bonds is 7. The van der Waals surface area contributed by atoms with Crippen LogP contribution in [0.25, 0.3) is 22.2 Å². The van der Waals surface area contributed by atoms with E-state index in [2.05, 4.69) is 11.1 Å². The van der Waals surface area contributed by atoms with Crippen LogP contribution in [0.5, 0.6) is 11.5 Å². The van der Waals surface area contributed by atoms with Crippen molar-refractivity contribution in [2.24, 2.45) is 0 Å². The lowest BCUT2D eigenvalue weighted by Crippen LogP contribution is -2.22. The van der Waals surface area contributed by atoms with Gasteiger partial charge in [-0.1, -0.05) is 23.8 Å². The molecule has 2 heterocycles. The first-order valence-electron chi connectivity index (χ1n) is 10.9. The summed E-state index contributed by atoms with van der Waals surface area (Å²) in [7, 11) is 0. The molecule has 0 amide bonds. The van der Waals surface area contributed by atoms with Gasteiger partial charge in [-0.2, -0.15) is 0 Å². The lowest BCUT2D eigenvalue weighted by molar-refractivity contribution is 0.0684. The molecule has 4 aromatic rings. The molecule has 1 N–H and O–H groups in total. The Morgan fingerprint density at radius 1 is 1.03 bits per heavy atom. The van der Waals surface area contributed by atoms with E-state index in [1.165, 1.54) is 0 Å². The van der Waals surface area contributed by atoms with Crippen molar-refractivity contribution in [3.63, 3.8) is 0 Å². The van der Waals surface area contributed by atoms with Crippen LogP contribution in [-0.2, 0) is 6.54 Å². The first-order valence-corrected chi connectivity index (χ1v) is 10.9. The van der Waals surface area contributed by atoms with E-state index in [9.17, 15) is 9.90 Å². The van der Waals surface area contributed by atoms with Gasteiger partial charge in [0.1, 0.15) is 29.4 Å². The predicted molar refractivity (Wildman–Crippen MR) is 129 cm³/mol. The summed E-state index contributed by atoms with van der Waals surface area (Å²) in [6, 6.07) is 19.0. The maximum Gasteiger partial charge on any atom is 0.352 e. The van der Waals surface area contributed by atoms with Gasteiger partial charge in [0.2, 0.25) is 0 Å². The van der Waals surface area contributed by atoms with Crippen molar-refractivity contribution in [2.75, 3.05) is 6.61 Å². The molecule has 33 heavy (non-hydrogen) atoms. The number of aromatic nitrogens is 2. The van der Waals surface area contributed by atoms with Crippen molar-refractivity contribution in [1.29, 1.82) is 0 Å². The van der Waals surface area contributed by atoms with Crippen molar-refractivity contribution in [2.45, 2.75) is 39.8 Å². The minimum absolute atomic E-state index is 0.212. The second kappa shape index (κ2) is 8.98. The second-order valence-electron chi connectivity index (χ2n) is 8.98. The van der Waals surface area contributed by atoms with Crippen molar-refractivity contribution in [1.82, 2.24) is 9.55 Å². The van der Waals surface area contributed by atoms with Gasteiger partial charge < -0.3 is 19.1 Å². The van der Waals surface area contributed by atoms with Crippen LogP contribution in [0.15, 0.2) is 66.9 Å². The Labute approximate surface area is 193 Å². The fraction of sp³-hybridized carbons (Fsp3) is 0.259. The maximum atomic E-state index is 12.0. The van der Waals surface area contributed by atoms with Crippen LogP contribution in [-0.4, -0.2) is 32.8 Å². The molecule has 0 aliphatic rings. The molecule has 0 spiro atoms. The highest BCUT2D eigenvalue weighted by Gasteiger charge is 2.18. The molecule has 6 nitrogen and oxygen atoms in total. The summed E-state index contributed by atoms with van der Waals surface area (Å²) in [5, 5.41) is 10.6. The minimum Gasteiger partial charge on any atom is -0.492 e. The standard InChI is InChI=1S/C27H28N2O4/c1-18-6-5-7-19(16-18)25-22-17-24(26(30)31)29(23(22)12-13-28-25)14-15-32-20-8-10-21(11-9-20)33-27(2,3)4/h5-13,16-17H,14-15H2,1-4H3,(H,30,31). The number of ether oxygens (including phenoxy) is 2. The zero-order chi connectivity index (χ0) is 23.6. The number of carboxylic acids is 1. The Morgan fingerprint density at radius 3 is 2.42 bits per heavy atom. The number of aromatic carboxylic acids is 1. The number of benzene rings is 2. The Morgan fingerprint density at radius 2 is 1.76 bits per heavy atom. The number of pyridine rings is 1. The molecule has 0 aliphatic carbocycles. The van der Waals surface area contributed by atoms with Gasteiger partial charge in [-0.05, 0) is 70.2 Å². The van der Waals surface area contributed by atoms with Gasteiger partial charge in [-0.15, -0.1) is 0 Å². The lowest BCUT2D eigenvalue weighted by atomic mass is 10.1. The molecule has 0 saturated carbocycles. The second-order valence-corrected chi connectivity index (χ2v) is 8.98. The van der Waals surface area contributed by atoms with E-state index >= 15 is 0 Å². The van der Waals surface area contributed by atoms with Crippen LogP contribution in [0.2, 0.25) is 0 Å². The lowest BCUT2D eigenvalue weighted by Gasteiger charge is -2.21. The summed E-state index contributed by atoms with van der Waals surface area (Å²) >= 11 is 0. The molecule has 0 saturated heterocycles. The Bertz CT molecular complexity index is 1280. The average Bonchev–Trinajstić information content (AvgIpc) is 3.13. The Balaban J connectivity index is 1.57. The Hall–Kier alpha value is -3.80. The first-order chi connectivity index (χ1) is 15.7. The van der Waals surface area contributed by atoms with Crippen molar-refractivity contribution in [3.8, 4) is 22.8 Å². The minimum atomic E-state index is -0.981. The van der Waals surface area contributed by atoms with Crippen LogP contribution in [0.1, 0.15) is 36.8 Å². The summed E-state index contributed by atoms with van der Waals surface area (Å²) in [5.41, 5.74) is 3.62. The van der Waals surface area contributed by atoms with E-state index in [1.807, 2.05) is 76.2 Å². The van der Waals surface area contributed by atoms with Gasteiger partial charge >= 0.3 is 5.97 Å². The normalized spacial score (nSPS) is 11.5. The van der Waals surface area contributed by atoms with Gasteiger partial charge in [0, 0.05) is 17.1 Å². The number of carboxylic acid groups (broad SMARTS) is 1. The zero-order valence-electron chi connectivity index (χ0n) is 19.3. The van der Waals surface area contributed by atoms with Crippen molar-refractivity contribution >= 4 is 16.9 Å². The fourth-order valence-corrected chi connectivity index (χ4v) is 3.84. The monoisotopic (exact) mass is 444 g/mol. The number of aryl methyl sites for hydroxylation is 1. The molecular weight excluding hydrogens is 416 g/mol. The number of fused-ring (bicyclic) bond motifs is 1. The first kappa shape index (κ1) is 22.4. The topological polar surface area (TPSA) is 73.6 Å². The van der Waals surface area contributed by atoms with Crippen LogP contribution >= 0.6 is 0 Å². The quantitative estimate of drug-likeness (QED) is 0.380. The SMILES string of the molecule is Cc1cccc(-c2nccc3c2cc(C(=O)O)n3CCOc2ccc(OC(C)(C)C)cc2)c1. The predicted octanol–water partition coefficient (Wildman–Crippen LogP) is 5.97. The van der Waals surface area contributed by atoms with Gasteiger partial charge in [0.25, 0.3) is 0 Å². The maximum absolute atomic E-state index is 12.0. The molecule has 0 unspecified atom stereocenters. The summed E-state index contributed by atoms with van der Waals surface area (Å²) in [6.45, 7) is 8.74. The number of hydrogen-bond acceptors (Lipinski definition) is 4. The van der Waals surface area contributed by atoms with E-state index < -0.39 is 5.97 Å². The summed E-state index contributed by atoms with van der Waals surface area (Å²) in [6.07, 6.45) is 1.72. The summed E-state index contributed by atoms with van der Waals surface area (Å²) < 4.78 is 13.5. The Kier molecular flexibility index (Phi) is 6.09. The van der Waals surface area contributed by atoms with Gasteiger partial charge in [-0.3, -0.25) is 4.98 Å². The molecule has 0 radical (unpaired) electrons. The molecule has 0 fully saturated rings. The molecule has 0 aliphatic heterocycles. The summed E-state index contributed by atoms with van der Waals surface area (Å²) in [5.74, 6) is 0.493. The fourth-order valence-electron chi connectivity index (χ4n) is 3.84. The largest absolute Gasteiger partial charge is 0.492 e. The third kappa shape index (κ3) is 5.17. The van der Waals surface area contributed by atoms with Crippen LogP contribution < -0.4 is 9.47 Å². The molecule has 0 bridgehead atoms. The molecular formula is C27H28N2O4. The van der Waals surface area contributed by atoms with Crippen molar-refractivity contribution < 1.29 is 19.4 Å². The van der Waals surface area contributed by atoms with E-state index in [0.29, 0.717) is 18.9 Å². The van der Waals surface area contributed by atoms with Gasteiger partial charge in [-0.25, -0.2) is 4.79 Å². The van der Waals surface area contributed by atoms with E-state index in [1.54, 1.807) is 16.8 Å².